The standard InChI is InChI=1S/C8H2N2O2.2W/c1-5-7(11-3-9-5)2-8-6(1)10-4-12-8;;/h1-2H;;/q-2;;. The van der Waals surface area contributed by atoms with E-state index < -0.39 is 0 Å². The Morgan fingerprint density at radius 3 is 1.86 bits per heavy atom. The Morgan fingerprint density at radius 2 is 1.36 bits per heavy atom. The third-order valence-electron chi connectivity index (χ3n) is 1.68. The quantitative estimate of drug-likeness (QED) is 0.418. The summed E-state index contributed by atoms with van der Waals surface area (Å²) in [5, 5.41) is 0. The van der Waals surface area contributed by atoms with Crippen molar-refractivity contribution in [2.75, 3.05) is 0 Å². The Morgan fingerprint density at radius 1 is 0.857 bits per heavy atom. The Balaban J connectivity index is 0.000000490. The van der Waals surface area contributed by atoms with Crippen molar-refractivity contribution in [1.82, 2.24) is 9.97 Å². The number of oxazole rings is 2. The molecule has 14 heavy (non-hydrogen) atoms. The van der Waals surface area contributed by atoms with Crippen LogP contribution in [-0.2, 0) is 42.1 Å². The molecule has 6 heteroatoms. The van der Waals surface area contributed by atoms with Crippen molar-refractivity contribution < 1.29 is 51.0 Å². The molecule has 0 atom stereocenters. The molecule has 0 unspecified atom stereocenters. The van der Waals surface area contributed by atoms with Crippen molar-refractivity contribution in [3.63, 3.8) is 0 Å². The molecule has 70 valence electrons. The summed E-state index contributed by atoms with van der Waals surface area (Å²) < 4.78 is 9.92. The second kappa shape index (κ2) is 4.37. The van der Waals surface area contributed by atoms with E-state index in [1.54, 1.807) is 12.1 Å². The third-order valence-corrected chi connectivity index (χ3v) is 1.68. The van der Waals surface area contributed by atoms with E-state index in [9.17, 15) is 0 Å². The topological polar surface area (TPSA) is 52.1 Å². The van der Waals surface area contributed by atoms with Gasteiger partial charge < -0.3 is 18.8 Å². The molecule has 3 rings (SSSR count). The van der Waals surface area contributed by atoms with E-state index in [4.69, 9.17) is 8.83 Å². The minimum Gasteiger partial charge on any atom is -0.574 e. The third kappa shape index (κ3) is 1.69. The van der Waals surface area contributed by atoms with Crippen LogP contribution in [0.25, 0.3) is 22.2 Å². The zero-order chi connectivity index (χ0) is 7.97. The van der Waals surface area contributed by atoms with E-state index in [2.05, 4.69) is 22.8 Å². The maximum absolute atomic E-state index is 4.96. The molecule has 0 saturated carbocycles. The van der Waals surface area contributed by atoms with Gasteiger partial charge in [-0.2, -0.15) is 0 Å². The molecule has 0 bridgehead atoms. The zero-order valence-corrected chi connectivity index (χ0v) is 12.5. The fraction of sp³-hybridized carbons (Fsp3) is 0. The summed E-state index contributed by atoms with van der Waals surface area (Å²) in [5.74, 6) is 0. The molecule has 2 aromatic heterocycles. The van der Waals surface area contributed by atoms with Crippen LogP contribution in [0.4, 0.5) is 0 Å². The Labute approximate surface area is 108 Å². The maximum Gasteiger partial charge on any atom is 0.103 e. The van der Waals surface area contributed by atoms with Crippen LogP contribution in [-0.4, -0.2) is 9.97 Å². The summed E-state index contributed by atoms with van der Waals surface area (Å²) in [6.45, 7) is 0. The molecular formula is C8H2N2O2W2-2. The largest absolute Gasteiger partial charge is 0.574 e. The van der Waals surface area contributed by atoms with Gasteiger partial charge in [0.15, 0.2) is 0 Å². The predicted molar refractivity (Wildman–Crippen MR) is 39.2 cm³/mol. The smallest absolute Gasteiger partial charge is 0.103 e. The monoisotopic (exact) mass is 526 g/mol. The number of hydrogen-bond donors (Lipinski definition) is 0. The summed E-state index contributed by atoms with van der Waals surface area (Å²) in [6, 6.07) is 3.49. The van der Waals surface area contributed by atoms with Crippen molar-refractivity contribution >= 4 is 22.2 Å². The van der Waals surface area contributed by atoms with Gasteiger partial charge in [-0.1, -0.05) is 11.0 Å². The summed E-state index contributed by atoms with van der Waals surface area (Å²) in [6.07, 6.45) is 4.80. The van der Waals surface area contributed by atoms with Crippen LogP contribution in [0.5, 0.6) is 0 Å². The van der Waals surface area contributed by atoms with E-state index >= 15 is 0 Å². The molecule has 0 N–H and O–H groups in total. The van der Waals surface area contributed by atoms with Gasteiger partial charge in [-0.05, 0) is 11.2 Å². The van der Waals surface area contributed by atoms with E-state index in [-0.39, 0.29) is 42.1 Å². The average Bonchev–Trinajstić information content (AvgIpc) is 2.64. The number of fused-ring (bicyclic) bond motifs is 2. The van der Waals surface area contributed by atoms with Crippen LogP contribution in [0.1, 0.15) is 0 Å². The Kier molecular flexibility index (Phi) is 3.63. The van der Waals surface area contributed by atoms with Gasteiger partial charge in [0.1, 0.15) is 12.8 Å². The number of aromatic nitrogens is 2. The van der Waals surface area contributed by atoms with Gasteiger partial charge in [0.2, 0.25) is 0 Å². The molecule has 0 radical (unpaired) electrons. The fourth-order valence-corrected chi connectivity index (χ4v) is 1.12. The second-order valence-electron chi connectivity index (χ2n) is 2.40. The minimum absolute atomic E-state index is 0. The number of hydrogen-bond acceptors (Lipinski definition) is 4. The first-order valence-corrected chi connectivity index (χ1v) is 3.37. The van der Waals surface area contributed by atoms with Crippen LogP contribution in [0.3, 0.4) is 0 Å². The summed E-state index contributed by atoms with van der Waals surface area (Å²) >= 11 is 0. The summed E-state index contributed by atoms with van der Waals surface area (Å²) in [5.41, 5.74) is 2.75. The molecule has 0 aliphatic rings. The van der Waals surface area contributed by atoms with Crippen LogP contribution < -0.4 is 0 Å². The van der Waals surface area contributed by atoms with E-state index in [0.717, 1.165) is 11.0 Å². The van der Waals surface area contributed by atoms with Crippen molar-refractivity contribution in [2.24, 2.45) is 0 Å². The molecule has 2 heterocycles. The first-order valence-electron chi connectivity index (χ1n) is 3.37. The number of benzene rings is 1. The molecule has 0 aliphatic heterocycles. The van der Waals surface area contributed by atoms with Gasteiger partial charge in [-0.15, -0.1) is 12.1 Å². The molecule has 0 saturated heterocycles. The van der Waals surface area contributed by atoms with Crippen molar-refractivity contribution in [3.05, 3.63) is 24.9 Å². The SMILES string of the molecule is [W].[W].[c-]1nc2cc3n[c-]oc3cc2o1. The second-order valence-corrected chi connectivity index (χ2v) is 2.40. The Hall–Kier alpha value is -0.463. The zero-order valence-electron chi connectivity index (χ0n) is 6.68. The van der Waals surface area contributed by atoms with Gasteiger partial charge in [0.05, 0.1) is 0 Å². The summed E-state index contributed by atoms with van der Waals surface area (Å²) in [7, 11) is 0. The van der Waals surface area contributed by atoms with E-state index in [0.29, 0.717) is 11.2 Å². The van der Waals surface area contributed by atoms with Gasteiger partial charge in [-0.3, -0.25) is 0 Å². The van der Waals surface area contributed by atoms with Crippen molar-refractivity contribution in [1.29, 1.82) is 0 Å². The van der Waals surface area contributed by atoms with Gasteiger partial charge in [0, 0.05) is 42.1 Å². The molecule has 0 fully saturated rings. The molecule has 0 aliphatic carbocycles. The maximum atomic E-state index is 4.96. The van der Waals surface area contributed by atoms with Crippen LogP contribution in [0.2, 0.25) is 0 Å². The minimum atomic E-state index is 0. The summed E-state index contributed by atoms with van der Waals surface area (Å²) in [4.78, 5) is 7.72. The predicted octanol–water partition coefficient (Wildman–Crippen LogP) is 1.56. The molecular weight excluding hydrogens is 524 g/mol. The van der Waals surface area contributed by atoms with Crippen LogP contribution in [0, 0.1) is 12.8 Å². The number of rotatable bonds is 0. The van der Waals surface area contributed by atoms with Crippen LogP contribution in [0.15, 0.2) is 21.0 Å². The molecule has 1 aromatic carbocycles. The first-order chi connectivity index (χ1) is 5.93. The molecule has 0 spiro atoms. The van der Waals surface area contributed by atoms with E-state index in [1.807, 2.05) is 0 Å². The molecule has 0 amide bonds. The molecule has 3 aromatic rings. The van der Waals surface area contributed by atoms with Gasteiger partial charge >= 0.3 is 0 Å². The molecule has 4 nitrogen and oxygen atoms in total. The van der Waals surface area contributed by atoms with E-state index in [1.165, 1.54) is 0 Å². The van der Waals surface area contributed by atoms with Gasteiger partial charge in [0.25, 0.3) is 0 Å². The fourth-order valence-electron chi connectivity index (χ4n) is 1.12. The van der Waals surface area contributed by atoms with Crippen molar-refractivity contribution in [3.8, 4) is 0 Å². The average molecular weight is 526 g/mol. The number of nitrogens with zero attached hydrogens (tertiary/aromatic N) is 2. The van der Waals surface area contributed by atoms with Crippen LogP contribution >= 0.6 is 0 Å². The van der Waals surface area contributed by atoms with Crippen molar-refractivity contribution in [2.45, 2.75) is 0 Å². The van der Waals surface area contributed by atoms with Gasteiger partial charge in [-0.25, -0.2) is 0 Å². The first kappa shape index (κ1) is 11.6. The Bertz CT molecular complexity index is 455. The normalized spacial score (nSPS) is 9.71.